The normalized spacial score (nSPS) is 10.4. The van der Waals surface area contributed by atoms with Crippen molar-refractivity contribution in [3.63, 3.8) is 0 Å². The fraction of sp³-hybridized carbons (Fsp3) is 0.200. The Bertz CT molecular complexity index is 938. The monoisotopic (exact) mass is 333 g/mol. The maximum atomic E-state index is 11.3. The summed E-state index contributed by atoms with van der Waals surface area (Å²) < 4.78 is 5.80. The topological polar surface area (TPSA) is 77.9 Å². The van der Waals surface area contributed by atoms with Gasteiger partial charge in [-0.2, -0.15) is 5.26 Å². The highest BCUT2D eigenvalue weighted by molar-refractivity contribution is 6.01. The molecule has 1 aromatic heterocycles. The summed E-state index contributed by atoms with van der Waals surface area (Å²) in [5.41, 5.74) is 3.85. The van der Waals surface area contributed by atoms with Crippen LogP contribution in [0.1, 0.15) is 18.1 Å². The molecule has 3 aromatic rings. The molecule has 0 aliphatic carbocycles. The number of amides is 1. The Hall–Kier alpha value is -3.26. The number of hydrogen-bond donors (Lipinski definition) is 2. The van der Waals surface area contributed by atoms with E-state index >= 15 is 0 Å². The zero-order chi connectivity index (χ0) is 17.6. The van der Waals surface area contributed by atoms with E-state index in [2.05, 4.69) is 22.4 Å². The Labute approximate surface area is 146 Å². The number of aromatic amines is 1. The van der Waals surface area contributed by atoms with Crippen LogP contribution in [0.5, 0.6) is 5.75 Å². The molecular formula is C20H19N3O2. The molecule has 0 aliphatic rings. The minimum absolute atomic E-state index is 0.0908. The van der Waals surface area contributed by atoms with E-state index in [0.29, 0.717) is 13.0 Å². The summed E-state index contributed by atoms with van der Waals surface area (Å²) in [6.07, 6.45) is 2.93. The standard InChI is InChI=1S/C20H19N3O2/c1-14(24)23-20-13-22-19-6-5-16(12-18(19)20)8-10-25-17-4-2-3-15(11-17)7-9-21/h2-6,11-13,22H,7-8,10H2,1H3,(H,23,24). The van der Waals surface area contributed by atoms with Gasteiger partial charge in [-0.1, -0.05) is 18.2 Å². The first kappa shape index (κ1) is 16.6. The van der Waals surface area contributed by atoms with Crippen molar-refractivity contribution in [2.24, 2.45) is 0 Å². The van der Waals surface area contributed by atoms with Gasteiger partial charge in [-0.3, -0.25) is 4.79 Å². The number of nitrogens with one attached hydrogen (secondary N) is 2. The van der Waals surface area contributed by atoms with E-state index in [4.69, 9.17) is 10.00 Å². The molecule has 0 aliphatic heterocycles. The fourth-order valence-electron chi connectivity index (χ4n) is 2.74. The van der Waals surface area contributed by atoms with Crippen molar-refractivity contribution in [1.29, 1.82) is 5.26 Å². The zero-order valence-electron chi connectivity index (χ0n) is 14.0. The van der Waals surface area contributed by atoms with Crippen molar-refractivity contribution in [2.75, 3.05) is 11.9 Å². The van der Waals surface area contributed by atoms with Gasteiger partial charge in [0, 0.05) is 30.4 Å². The number of carbonyl (C=O) groups is 1. The quantitative estimate of drug-likeness (QED) is 0.720. The first-order valence-electron chi connectivity index (χ1n) is 8.12. The second kappa shape index (κ2) is 7.54. The summed E-state index contributed by atoms with van der Waals surface area (Å²) in [5, 5.41) is 12.6. The van der Waals surface area contributed by atoms with Crippen LogP contribution in [-0.4, -0.2) is 17.5 Å². The molecule has 5 heteroatoms. The van der Waals surface area contributed by atoms with Crippen LogP contribution in [0, 0.1) is 11.3 Å². The van der Waals surface area contributed by atoms with Crippen LogP contribution in [0.4, 0.5) is 5.69 Å². The first-order valence-corrected chi connectivity index (χ1v) is 8.12. The molecule has 0 saturated heterocycles. The molecule has 126 valence electrons. The smallest absolute Gasteiger partial charge is 0.221 e. The molecule has 25 heavy (non-hydrogen) atoms. The number of H-pyrrole nitrogens is 1. The second-order valence-corrected chi connectivity index (χ2v) is 5.84. The van der Waals surface area contributed by atoms with E-state index in [9.17, 15) is 4.79 Å². The summed E-state index contributed by atoms with van der Waals surface area (Å²) >= 11 is 0. The number of benzene rings is 2. The lowest BCUT2D eigenvalue weighted by Gasteiger charge is -2.08. The van der Waals surface area contributed by atoms with E-state index in [0.717, 1.165) is 39.9 Å². The maximum absolute atomic E-state index is 11.3. The van der Waals surface area contributed by atoms with Crippen molar-refractivity contribution >= 4 is 22.5 Å². The van der Waals surface area contributed by atoms with Crippen molar-refractivity contribution in [1.82, 2.24) is 4.98 Å². The van der Waals surface area contributed by atoms with E-state index in [1.807, 2.05) is 36.4 Å². The number of nitrogens with zero attached hydrogens (tertiary/aromatic N) is 1. The number of rotatable bonds is 6. The summed E-state index contributed by atoms with van der Waals surface area (Å²) in [7, 11) is 0. The second-order valence-electron chi connectivity index (χ2n) is 5.84. The summed E-state index contributed by atoms with van der Waals surface area (Å²) in [6.45, 7) is 2.04. The summed E-state index contributed by atoms with van der Waals surface area (Å²) in [4.78, 5) is 14.4. The average Bonchev–Trinajstić information content (AvgIpc) is 2.97. The highest BCUT2D eigenvalue weighted by atomic mass is 16.5. The molecule has 2 N–H and O–H groups in total. The van der Waals surface area contributed by atoms with Crippen LogP contribution in [0.25, 0.3) is 10.9 Å². The Kier molecular flexibility index (Phi) is 5.00. The third kappa shape index (κ3) is 4.18. The summed E-state index contributed by atoms with van der Waals surface area (Å²) in [5.74, 6) is 0.682. The Morgan fingerprint density at radius 3 is 2.92 bits per heavy atom. The zero-order valence-corrected chi connectivity index (χ0v) is 14.0. The van der Waals surface area contributed by atoms with Gasteiger partial charge in [0.25, 0.3) is 0 Å². The van der Waals surface area contributed by atoms with Crippen LogP contribution < -0.4 is 10.1 Å². The third-order valence-electron chi connectivity index (χ3n) is 3.90. The minimum atomic E-state index is -0.0908. The molecule has 5 nitrogen and oxygen atoms in total. The molecular weight excluding hydrogens is 314 g/mol. The van der Waals surface area contributed by atoms with Crippen LogP contribution in [0.15, 0.2) is 48.7 Å². The molecule has 0 atom stereocenters. The number of ether oxygens (including phenoxy) is 1. The fourth-order valence-corrected chi connectivity index (χ4v) is 2.74. The maximum Gasteiger partial charge on any atom is 0.221 e. The highest BCUT2D eigenvalue weighted by Crippen LogP contribution is 2.24. The molecule has 0 radical (unpaired) electrons. The molecule has 3 rings (SSSR count). The Morgan fingerprint density at radius 2 is 2.12 bits per heavy atom. The van der Waals surface area contributed by atoms with Gasteiger partial charge in [-0.25, -0.2) is 0 Å². The lowest BCUT2D eigenvalue weighted by atomic mass is 10.1. The van der Waals surface area contributed by atoms with Gasteiger partial charge >= 0.3 is 0 Å². The van der Waals surface area contributed by atoms with Gasteiger partial charge in [-0.05, 0) is 35.4 Å². The van der Waals surface area contributed by atoms with E-state index < -0.39 is 0 Å². The Morgan fingerprint density at radius 1 is 1.24 bits per heavy atom. The van der Waals surface area contributed by atoms with Gasteiger partial charge in [0.05, 0.1) is 24.8 Å². The minimum Gasteiger partial charge on any atom is -0.493 e. The Balaban J connectivity index is 1.66. The van der Waals surface area contributed by atoms with Crippen molar-refractivity contribution in [3.8, 4) is 11.8 Å². The van der Waals surface area contributed by atoms with E-state index in [1.165, 1.54) is 6.92 Å². The predicted molar refractivity (Wildman–Crippen MR) is 97.6 cm³/mol. The molecule has 1 heterocycles. The molecule has 2 aromatic carbocycles. The lowest BCUT2D eigenvalue weighted by molar-refractivity contribution is -0.114. The van der Waals surface area contributed by atoms with Gasteiger partial charge in [0.15, 0.2) is 0 Å². The van der Waals surface area contributed by atoms with E-state index in [-0.39, 0.29) is 5.91 Å². The third-order valence-corrected chi connectivity index (χ3v) is 3.90. The number of anilines is 1. The summed E-state index contributed by atoms with van der Waals surface area (Å²) in [6, 6.07) is 15.9. The highest BCUT2D eigenvalue weighted by Gasteiger charge is 2.06. The number of hydrogen-bond acceptors (Lipinski definition) is 3. The number of fused-ring (bicyclic) bond motifs is 1. The molecule has 0 fully saturated rings. The lowest BCUT2D eigenvalue weighted by Crippen LogP contribution is -2.05. The van der Waals surface area contributed by atoms with Crippen molar-refractivity contribution in [2.45, 2.75) is 19.8 Å². The average molecular weight is 333 g/mol. The van der Waals surface area contributed by atoms with Crippen molar-refractivity contribution < 1.29 is 9.53 Å². The molecule has 0 unspecified atom stereocenters. The van der Waals surface area contributed by atoms with Gasteiger partial charge in [0.2, 0.25) is 5.91 Å². The van der Waals surface area contributed by atoms with Crippen LogP contribution in [0.3, 0.4) is 0 Å². The largest absolute Gasteiger partial charge is 0.493 e. The molecule has 0 saturated carbocycles. The van der Waals surface area contributed by atoms with Gasteiger partial charge in [0.1, 0.15) is 5.75 Å². The van der Waals surface area contributed by atoms with Crippen LogP contribution in [-0.2, 0) is 17.6 Å². The van der Waals surface area contributed by atoms with Gasteiger partial charge in [-0.15, -0.1) is 0 Å². The molecule has 0 bridgehead atoms. The molecule has 1 amide bonds. The number of nitriles is 1. The van der Waals surface area contributed by atoms with Crippen LogP contribution >= 0.6 is 0 Å². The number of carbonyl (C=O) groups excluding carboxylic acids is 1. The van der Waals surface area contributed by atoms with E-state index in [1.54, 1.807) is 6.20 Å². The first-order chi connectivity index (χ1) is 12.2. The van der Waals surface area contributed by atoms with Crippen molar-refractivity contribution in [3.05, 3.63) is 59.8 Å². The van der Waals surface area contributed by atoms with Crippen LogP contribution in [0.2, 0.25) is 0 Å². The number of aromatic nitrogens is 1. The predicted octanol–water partition coefficient (Wildman–Crippen LogP) is 3.81. The van der Waals surface area contributed by atoms with Gasteiger partial charge < -0.3 is 15.0 Å². The SMILES string of the molecule is CC(=O)Nc1c[nH]c2ccc(CCOc3cccc(CC#N)c3)cc12. The molecule has 0 spiro atoms.